The minimum Gasteiger partial charge on any atom is -0.469 e. The van der Waals surface area contributed by atoms with Crippen LogP contribution in [0.1, 0.15) is 24.1 Å². The van der Waals surface area contributed by atoms with E-state index in [0.717, 1.165) is 23.0 Å². The number of aromatic amines is 1. The summed E-state index contributed by atoms with van der Waals surface area (Å²) in [6.07, 6.45) is 1.91. The van der Waals surface area contributed by atoms with E-state index in [9.17, 15) is 14.4 Å². The monoisotopic (exact) mass is 432 g/mol. The number of ether oxygens (including phenoxy) is 1. The van der Waals surface area contributed by atoms with Crippen molar-refractivity contribution >= 4 is 40.4 Å². The third kappa shape index (κ3) is 4.09. The van der Waals surface area contributed by atoms with Crippen molar-refractivity contribution in [3.8, 4) is 0 Å². The molecule has 160 valence electrons. The Labute approximate surface area is 179 Å². The summed E-state index contributed by atoms with van der Waals surface area (Å²) in [5.41, 5.74) is 3.21. The SMILES string of the molecule is COC(=O)C1CCN(C(=O)CNC(=O)N2CCc3c([nH]c4ccc(Cl)cc34)C2)CC1. The minimum atomic E-state index is -0.255. The van der Waals surface area contributed by atoms with Crippen molar-refractivity contribution in [3.05, 3.63) is 34.5 Å². The molecule has 3 amide bonds. The van der Waals surface area contributed by atoms with Gasteiger partial charge in [0.05, 0.1) is 26.1 Å². The molecule has 0 unspecified atom stereocenters. The lowest BCUT2D eigenvalue weighted by atomic mass is 9.97. The summed E-state index contributed by atoms with van der Waals surface area (Å²) in [4.78, 5) is 43.4. The second kappa shape index (κ2) is 8.55. The number of halogens is 1. The summed E-state index contributed by atoms with van der Waals surface area (Å²) >= 11 is 6.12. The van der Waals surface area contributed by atoms with Crippen LogP contribution < -0.4 is 5.32 Å². The number of rotatable bonds is 3. The summed E-state index contributed by atoms with van der Waals surface area (Å²) in [6, 6.07) is 5.48. The lowest BCUT2D eigenvalue weighted by molar-refractivity contribution is -0.148. The first-order valence-electron chi connectivity index (χ1n) is 10.1. The summed E-state index contributed by atoms with van der Waals surface area (Å²) < 4.78 is 4.77. The second-order valence-electron chi connectivity index (χ2n) is 7.78. The summed E-state index contributed by atoms with van der Waals surface area (Å²) in [5.74, 6) is -0.508. The van der Waals surface area contributed by atoms with Gasteiger partial charge in [-0.25, -0.2) is 4.79 Å². The van der Waals surface area contributed by atoms with Gasteiger partial charge in [0.2, 0.25) is 5.91 Å². The van der Waals surface area contributed by atoms with Crippen molar-refractivity contribution in [1.82, 2.24) is 20.1 Å². The molecule has 2 aromatic rings. The molecular weight excluding hydrogens is 408 g/mol. The number of nitrogens with zero attached hydrogens (tertiary/aromatic N) is 2. The number of urea groups is 1. The van der Waals surface area contributed by atoms with Crippen LogP contribution in [0, 0.1) is 5.92 Å². The molecule has 0 atom stereocenters. The van der Waals surface area contributed by atoms with E-state index in [4.69, 9.17) is 16.3 Å². The number of benzene rings is 1. The van der Waals surface area contributed by atoms with Crippen LogP contribution in [0.5, 0.6) is 0 Å². The zero-order valence-corrected chi connectivity index (χ0v) is 17.6. The fourth-order valence-corrected chi connectivity index (χ4v) is 4.46. The Morgan fingerprint density at radius 2 is 1.97 bits per heavy atom. The Morgan fingerprint density at radius 3 is 2.70 bits per heavy atom. The van der Waals surface area contributed by atoms with Crippen LogP contribution in [0.3, 0.4) is 0 Å². The summed E-state index contributed by atoms with van der Waals surface area (Å²) in [7, 11) is 1.38. The van der Waals surface area contributed by atoms with Crippen LogP contribution in [0.25, 0.3) is 10.9 Å². The molecule has 1 fully saturated rings. The fraction of sp³-hybridized carbons (Fsp3) is 0.476. The van der Waals surface area contributed by atoms with E-state index in [1.165, 1.54) is 12.7 Å². The third-order valence-electron chi connectivity index (χ3n) is 6.00. The van der Waals surface area contributed by atoms with E-state index in [0.29, 0.717) is 44.0 Å². The smallest absolute Gasteiger partial charge is 0.318 e. The maximum Gasteiger partial charge on any atom is 0.318 e. The number of carbonyl (C=O) groups excluding carboxylic acids is 3. The van der Waals surface area contributed by atoms with E-state index < -0.39 is 0 Å². The molecule has 8 nitrogen and oxygen atoms in total. The summed E-state index contributed by atoms with van der Waals surface area (Å²) in [6.45, 7) is 1.99. The van der Waals surface area contributed by atoms with E-state index in [1.807, 2.05) is 18.2 Å². The van der Waals surface area contributed by atoms with Crippen LogP contribution >= 0.6 is 11.6 Å². The Balaban J connectivity index is 1.29. The molecule has 0 bridgehead atoms. The van der Waals surface area contributed by atoms with E-state index in [2.05, 4.69) is 10.3 Å². The second-order valence-corrected chi connectivity index (χ2v) is 8.22. The maximum atomic E-state index is 12.6. The normalized spacial score (nSPS) is 17.0. The lowest BCUT2D eigenvalue weighted by Crippen LogP contribution is -2.48. The van der Waals surface area contributed by atoms with Gasteiger partial charge in [0.25, 0.3) is 0 Å². The van der Waals surface area contributed by atoms with E-state index in [-0.39, 0.29) is 30.4 Å². The first kappa shape index (κ1) is 20.5. The van der Waals surface area contributed by atoms with E-state index >= 15 is 0 Å². The van der Waals surface area contributed by atoms with Gasteiger partial charge >= 0.3 is 12.0 Å². The first-order valence-corrected chi connectivity index (χ1v) is 10.5. The number of carbonyl (C=O) groups is 3. The molecule has 2 N–H and O–H groups in total. The number of hydrogen-bond donors (Lipinski definition) is 2. The largest absolute Gasteiger partial charge is 0.469 e. The molecule has 2 aliphatic heterocycles. The van der Waals surface area contributed by atoms with Crippen LogP contribution in [-0.4, -0.2) is 66.0 Å². The highest BCUT2D eigenvalue weighted by molar-refractivity contribution is 6.31. The van der Waals surface area contributed by atoms with Gasteiger partial charge in [0, 0.05) is 41.3 Å². The number of fused-ring (bicyclic) bond motifs is 3. The highest BCUT2D eigenvalue weighted by atomic mass is 35.5. The Hall–Kier alpha value is -2.74. The molecule has 4 rings (SSSR count). The van der Waals surface area contributed by atoms with Crippen molar-refractivity contribution in [3.63, 3.8) is 0 Å². The van der Waals surface area contributed by atoms with Gasteiger partial charge in [-0.05, 0) is 43.0 Å². The standard InChI is InChI=1S/C21H25ClN4O4/c1-30-20(28)13-4-7-25(8-5-13)19(27)11-23-21(29)26-9-6-15-16-10-14(22)2-3-17(16)24-18(15)12-26/h2-3,10,13,24H,4-9,11-12H2,1H3,(H,23,29). The molecule has 30 heavy (non-hydrogen) atoms. The minimum absolute atomic E-state index is 0.0482. The number of amides is 3. The zero-order valence-electron chi connectivity index (χ0n) is 16.9. The molecule has 2 aliphatic rings. The van der Waals surface area contributed by atoms with Crippen molar-refractivity contribution < 1.29 is 19.1 Å². The van der Waals surface area contributed by atoms with Gasteiger partial charge in [-0.1, -0.05) is 11.6 Å². The predicted molar refractivity (Wildman–Crippen MR) is 112 cm³/mol. The molecule has 1 saturated heterocycles. The predicted octanol–water partition coefficient (Wildman–Crippen LogP) is 2.30. The van der Waals surface area contributed by atoms with Gasteiger partial charge < -0.3 is 24.8 Å². The Bertz CT molecular complexity index is 981. The molecule has 1 aromatic heterocycles. The molecular formula is C21H25ClN4O4. The number of hydrogen-bond acceptors (Lipinski definition) is 4. The highest BCUT2D eigenvalue weighted by Gasteiger charge is 2.29. The molecule has 0 aliphatic carbocycles. The van der Waals surface area contributed by atoms with Crippen LogP contribution in [0.4, 0.5) is 4.79 Å². The first-order chi connectivity index (χ1) is 14.5. The van der Waals surface area contributed by atoms with Crippen molar-refractivity contribution in [2.24, 2.45) is 5.92 Å². The molecule has 0 radical (unpaired) electrons. The Kier molecular flexibility index (Phi) is 5.85. The number of piperidine rings is 1. The number of nitrogens with one attached hydrogen (secondary N) is 2. The quantitative estimate of drug-likeness (QED) is 0.727. The average molecular weight is 433 g/mol. The van der Waals surface area contributed by atoms with Gasteiger partial charge in [-0.2, -0.15) is 0 Å². The molecule has 3 heterocycles. The number of H-pyrrole nitrogens is 1. The fourth-order valence-electron chi connectivity index (χ4n) is 4.29. The van der Waals surface area contributed by atoms with Crippen molar-refractivity contribution in [2.45, 2.75) is 25.8 Å². The van der Waals surface area contributed by atoms with Gasteiger partial charge in [-0.3, -0.25) is 9.59 Å². The maximum absolute atomic E-state index is 12.6. The van der Waals surface area contributed by atoms with Gasteiger partial charge in [0.1, 0.15) is 0 Å². The summed E-state index contributed by atoms with van der Waals surface area (Å²) in [5, 5.41) is 4.53. The number of likely N-dealkylation sites (tertiary alicyclic amines) is 1. The van der Waals surface area contributed by atoms with Gasteiger partial charge in [-0.15, -0.1) is 0 Å². The molecule has 0 saturated carbocycles. The number of aromatic nitrogens is 1. The van der Waals surface area contributed by atoms with Crippen molar-refractivity contribution in [2.75, 3.05) is 33.3 Å². The van der Waals surface area contributed by atoms with Crippen LogP contribution in [0.2, 0.25) is 5.02 Å². The number of methoxy groups -OCH3 is 1. The highest BCUT2D eigenvalue weighted by Crippen LogP contribution is 2.29. The average Bonchev–Trinajstić information content (AvgIpc) is 3.13. The van der Waals surface area contributed by atoms with E-state index in [1.54, 1.807) is 9.80 Å². The zero-order chi connectivity index (χ0) is 21.3. The molecule has 9 heteroatoms. The van der Waals surface area contributed by atoms with Crippen LogP contribution in [0.15, 0.2) is 18.2 Å². The third-order valence-corrected chi connectivity index (χ3v) is 6.23. The topological polar surface area (TPSA) is 94.7 Å². The molecule has 1 aromatic carbocycles. The number of esters is 1. The van der Waals surface area contributed by atoms with Crippen LogP contribution in [-0.2, 0) is 27.3 Å². The lowest BCUT2D eigenvalue weighted by Gasteiger charge is -2.31. The Morgan fingerprint density at radius 1 is 1.20 bits per heavy atom. The van der Waals surface area contributed by atoms with Gasteiger partial charge in [0.15, 0.2) is 0 Å². The molecule has 0 spiro atoms. The van der Waals surface area contributed by atoms with Crippen molar-refractivity contribution in [1.29, 1.82) is 0 Å².